The minimum Gasteiger partial charge on any atom is -0.508 e. The summed E-state index contributed by atoms with van der Waals surface area (Å²) in [6, 6.07) is 8.69. The lowest BCUT2D eigenvalue weighted by atomic mass is 10.2. The van der Waals surface area contributed by atoms with E-state index in [0.717, 1.165) is 16.5 Å². The second-order valence-corrected chi connectivity index (χ2v) is 5.10. The number of hydrogen-bond acceptors (Lipinski definition) is 7. The molecule has 0 saturated heterocycles. The average Bonchev–Trinajstić information content (AvgIpc) is 2.62. The van der Waals surface area contributed by atoms with Crippen molar-refractivity contribution in [2.75, 3.05) is 31.7 Å². The van der Waals surface area contributed by atoms with E-state index in [0.29, 0.717) is 31.4 Å². The molecule has 0 aliphatic carbocycles. The highest BCUT2D eigenvalue weighted by Crippen LogP contribution is 2.27. The van der Waals surface area contributed by atoms with Gasteiger partial charge in [0.1, 0.15) is 11.6 Å². The fourth-order valence-electron chi connectivity index (χ4n) is 2.28. The summed E-state index contributed by atoms with van der Waals surface area (Å²) >= 11 is 0. The fraction of sp³-hybridized carbons (Fsp3) is 0.235. The van der Waals surface area contributed by atoms with Crippen LogP contribution < -0.4 is 5.32 Å². The number of rotatable bonds is 7. The summed E-state index contributed by atoms with van der Waals surface area (Å²) in [6.07, 6.45) is 3.40. The van der Waals surface area contributed by atoms with Crippen LogP contribution in [-0.2, 0) is 4.74 Å². The summed E-state index contributed by atoms with van der Waals surface area (Å²) < 4.78 is 5.24. The quantitative estimate of drug-likeness (QED) is 0.569. The monoisotopic (exact) mass is 326 g/mol. The molecule has 0 spiro atoms. The number of nitrogens with zero attached hydrogens (tertiary/aromatic N) is 3. The minimum atomic E-state index is -0.00450. The molecule has 0 amide bonds. The Bertz CT molecular complexity index is 812. The minimum absolute atomic E-state index is 0.00450. The summed E-state index contributed by atoms with van der Waals surface area (Å²) in [6.45, 7) is 1.25. The molecule has 124 valence electrons. The van der Waals surface area contributed by atoms with Crippen molar-refractivity contribution >= 4 is 16.7 Å². The number of anilines is 1. The van der Waals surface area contributed by atoms with Crippen molar-refractivity contribution in [3.63, 3.8) is 0 Å². The largest absolute Gasteiger partial charge is 0.508 e. The number of ether oxygens (including phenoxy) is 1. The van der Waals surface area contributed by atoms with Crippen LogP contribution >= 0.6 is 0 Å². The van der Waals surface area contributed by atoms with E-state index in [1.54, 1.807) is 30.6 Å². The molecular weight excluding hydrogens is 308 g/mol. The van der Waals surface area contributed by atoms with Crippen molar-refractivity contribution in [3.05, 3.63) is 42.7 Å². The molecule has 2 aromatic heterocycles. The molecule has 7 nitrogen and oxygen atoms in total. The topological polar surface area (TPSA) is 100 Å². The van der Waals surface area contributed by atoms with Gasteiger partial charge in [0.05, 0.1) is 25.3 Å². The van der Waals surface area contributed by atoms with Crippen LogP contribution in [0.4, 0.5) is 5.82 Å². The maximum Gasteiger partial charge on any atom is 0.163 e. The molecular formula is C17H18N4O3. The maximum atomic E-state index is 9.74. The van der Waals surface area contributed by atoms with Crippen molar-refractivity contribution < 1.29 is 14.9 Å². The van der Waals surface area contributed by atoms with Gasteiger partial charge in [-0.15, -0.1) is 0 Å². The van der Waals surface area contributed by atoms with Crippen LogP contribution in [0.3, 0.4) is 0 Å². The molecule has 0 radical (unpaired) electrons. The molecule has 2 heterocycles. The molecule has 0 saturated carbocycles. The lowest BCUT2D eigenvalue weighted by Crippen LogP contribution is -2.13. The number of phenols is 1. The Morgan fingerprint density at radius 1 is 1.12 bits per heavy atom. The van der Waals surface area contributed by atoms with E-state index in [9.17, 15) is 5.11 Å². The Morgan fingerprint density at radius 2 is 2.04 bits per heavy atom. The number of aliphatic hydroxyl groups excluding tert-OH is 1. The van der Waals surface area contributed by atoms with Gasteiger partial charge in [-0.3, -0.25) is 4.98 Å². The van der Waals surface area contributed by atoms with Crippen molar-refractivity contribution in [2.45, 2.75) is 0 Å². The van der Waals surface area contributed by atoms with Crippen molar-refractivity contribution in [1.82, 2.24) is 15.0 Å². The zero-order valence-electron chi connectivity index (χ0n) is 13.0. The smallest absolute Gasteiger partial charge is 0.163 e. The van der Waals surface area contributed by atoms with Gasteiger partial charge in [0.15, 0.2) is 5.82 Å². The first-order chi connectivity index (χ1) is 11.8. The molecule has 0 unspecified atom stereocenters. The van der Waals surface area contributed by atoms with E-state index in [-0.39, 0.29) is 12.4 Å². The number of aliphatic hydroxyl groups is 1. The number of phenolic OH excluding ortho intramolecular Hbond substituents is 1. The van der Waals surface area contributed by atoms with Crippen molar-refractivity contribution in [2.24, 2.45) is 0 Å². The number of pyridine rings is 1. The van der Waals surface area contributed by atoms with Crippen LogP contribution in [0.25, 0.3) is 22.3 Å². The van der Waals surface area contributed by atoms with Gasteiger partial charge in [0.2, 0.25) is 0 Å². The number of benzene rings is 1. The first kappa shape index (κ1) is 16.1. The van der Waals surface area contributed by atoms with Crippen LogP contribution in [0.2, 0.25) is 0 Å². The number of hydrogen-bond donors (Lipinski definition) is 3. The van der Waals surface area contributed by atoms with E-state index in [2.05, 4.69) is 20.3 Å². The SMILES string of the molecule is OCCOCCNc1nc(-c2cccnc2)nc2ccc(O)cc12. The molecule has 3 N–H and O–H groups in total. The molecule has 0 aliphatic rings. The number of nitrogens with one attached hydrogen (secondary N) is 1. The fourth-order valence-corrected chi connectivity index (χ4v) is 2.28. The maximum absolute atomic E-state index is 9.74. The second kappa shape index (κ2) is 7.67. The van der Waals surface area contributed by atoms with Gasteiger partial charge in [-0.25, -0.2) is 9.97 Å². The molecule has 0 fully saturated rings. The van der Waals surface area contributed by atoms with Crippen molar-refractivity contribution in [1.29, 1.82) is 0 Å². The summed E-state index contributed by atoms with van der Waals surface area (Å²) in [5.74, 6) is 1.32. The first-order valence-electron chi connectivity index (χ1n) is 7.61. The molecule has 0 atom stereocenters. The Labute approximate surface area is 139 Å². The molecule has 3 rings (SSSR count). The van der Waals surface area contributed by atoms with Gasteiger partial charge in [0.25, 0.3) is 0 Å². The van der Waals surface area contributed by atoms with Gasteiger partial charge >= 0.3 is 0 Å². The van der Waals surface area contributed by atoms with Crippen LogP contribution in [0.15, 0.2) is 42.7 Å². The second-order valence-electron chi connectivity index (χ2n) is 5.10. The van der Waals surface area contributed by atoms with Gasteiger partial charge in [0, 0.05) is 29.9 Å². The third-order valence-electron chi connectivity index (χ3n) is 3.37. The van der Waals surface area contributed by atoms with Crippen LogP contribution in [0, 0.1) is 0 Å². The lowest BCUT2D eigenvalue weighted by molar-refractivity contribution is 0.0992. The van der Waals surface area contributed by atoms with Crippen LogP contribution in [0.1, 0.15) is 0 Å². The highest BCUT2D eigenvalue weighted by Gasteiger charge is 2.10. The summed E-state index contributed by atoms with van der Waals surface area (Å²) in [4.78, 5) is 13.2. The third-order valence-corrected chi connectivity index (χ3v) is 3.37. The van der Waals surface area contributed by atoms with Gasteiger partial charge in [-0.1, -0.05) is 0 Å². The Kier molecular flexibility index (Phi) is 5.15. The van der Waals surface area contributed by atoms with Crippen LogP contribution in [0.5, 0.6) is 5.75 Å². The summed E-state index contributed by atoms with van der Waals surface area (Å²) in [5.41, 5.74) is 1.53. The average molecular weight is 326 g/mol. The third kappa shape index (κ3) is 3.76. The first-order valence-corrected chi connectivity index (χ1v) is 7.61. The summed E-state index contributed by atoms with van der Waals surface area (Å²) in [5, 5.41) is 22.4. The molecule has 1 aromatic carbocycles. The summed E-state index contributed by atoms with van der Waals surface area (Å²) in [7, 11) is 0. The molecule has 0 bridgehead atoms. The molecule has 7 heteroatoms. The zero-order chi connectivity index (χ0) is 16.8. The van der Waals surface area contributed by atoms with Gasteiger partial charge in [-0.05, 0) is 30.3 Å². The highest BCUT2D eigenvalue weighted by atomic mass is 16.5. The predicted molar refractivity (Wildman–Crippen MR) is 90.8 cm³/mol. The Hall–Kier alpha value is -2.77. The van der Waals surface area contributed by atoms with E-state index >= 15 is 0 Å². The van der Waals surface area contributed by atoms with E-state index < -0.39 is 0 Å². The van der Waals surface area contributed by atoms with Crippen LogP contribution in [-0.4, -0.2) is 51.5 Å². The lowest BCUT2D eigenvalue weighted by Gasteiger charge is -2.11. The van der Waals surface area contributed by atoms with Crippen molar-refractivity contribution in [3.8, 4) is 17.1 Å². The molecule has 0 aliphatic heterocycles. The zero-order valence-corrected chi connectivity index (χ0v) is 13.0. The molecule has 3 aromatic rings. The highest BCUT2D eigenvalue weighted by molar-refractivity contribution is 5.91. The number of fused-ring (bicyclic) bond motifs is 1. The number of aromatic hydroxyl groups is 1. The van der Waals surface area contributed by atoms with E-state index in [4.69, 9.17) is 9.84 Å². The van der Waals surface area contributed by atoms with E-state index in [1.165, 1.54) is 0 Å². The number of aromatic nitrogens is 3. The Morgan fingerprint density at radius 3 is 2.83 bits per heavy atom. The predicted octanol–water partition coefficient (Wildman–Crippen LogP) is 1.82. The van der Waals surface area contributed by atoms with Gasteiger partial charge in [-0.2, -0.15) is 0 Å². The molecule has 24 heavy (non-hydrogen) atoms. The normalized spacial score (nSPS) is 10.9. The Balaban J connectivity index is 1.93. The van der Waals surface area contributed by atoms with E-state index in [1.807, 2.05) is 12.1 Å². The van der Waals surface area contributed by atoms with Gasteiger partial charge < -0.3 is 20.3 Å². The standard InChI is InChI=1S/C17H18N4O3/c22-7-9-24-8-6-19-17-14-10-13(23)3-4-15(14)20-16(21-17)12-2-1-5-18-11-12/h1-5,10-11,22-23H,6-9H2,(H,19,20,21).